The normalized spacial score (nSPS) is 30.0. The van der Waals surface area contributed by atoms with Crippen molar-refractivity contribution in [3.05, 3.63) is 0 Å². The Balaban J connectivity index is 1.93. The number of rotatable bonds is 2. The summed E-state index contributed by atoms with van der Waals surface area (Å²) in [6.07, 6.45) is 4.33. The van der Waals surface area contributed by atoms with E-state index in [1.165, 1.54) is 0 Å². The smallest absolute Gasteiger partial charge is 0.0705 e. The van der Waals surface area contributed by atoms with E-state index in [1.807, 2.05) is 0 Å². The van der Waals surface area contributed by atoms with Crippen LogP contribution >= 0.6 is 0 Å². The minimum absolute atomic E-state index is 0.0460. The average molecular weight is 213 g/mol. The number of piperidine rings is 1. The predicted octanol–water partition coefficient (Wildman–Crippen LogP) is 1.71. The summed E-state index contributed by atoms with van der Waals surface area (Å²) in [7, 11) is 0. The van der Waals surface area contributed by atoms with Crippen LogP contribution in [0.1, 0.15) is 39.5 Å². The molecule has 2 heterocycles. The van der Waals surface area contributed by atoms with Crippen molar-refractivity contribution in [1.82, 2.24) is 5.32 Å². The maximum atomic E-state index is 6.39. The first-order valence-electron chi connectivity index (χ1n) is 6.11. The molecule has 2 rings (SSSR count). The van der Waals surface area contributed by atoms with Gasteiger partial charge >= 0.3 is 0 Å². The van der Waals surface area contributed by atoms with Crippen molar-refractivity contribution >= 4 is 0 Å². The molecule has 0 saturated carbocycles. The van der Waals surface area contributed by atoms with Crippen LogP contribution in [-0.4, -0.2) is 37.5 Å². The highest BCUT2D eigenvalue weighted by molar-refractivity contribution is 4.88. The molecule has 0 radical (unpaired) electrons. The Labute approximate surface area is 92.5 Å². The molecule has 88 valence electrons. The van der Waals surface area contributed by atoms with Gasteiger partial charge in [0.1, 0.15) is 0 Å². The topological polar surface area (TPSA) is 30.5 Å². The van der Waals surface area contributed by atoms with E-state index >= 15 is 0 Å². The molecule has 0 aromatic carbocycles. The van der Waals surface area contributed by atoms with Crippen LogP contribution in [0, 0.1) is 0 Å². The predicted molar refractivity (Wildman–Crippen MR) is 60.1 cm³/mol. The lowest BCUT2D eigenvalue weighted by Gasteiger charge is -2.44. The molecule has 1 N–H and O–H groups in total. The van der Waals surface area contributed by atoms with Crippen molar-refractivity contribution in [3.63, 3.8) is 0 Å². The largest absolute Gasteiger partial charge is 0.381 e. The van der Waals surface area contributed by atoms with Crippen LogP contribution < -0.4 is 5.32 Å². The summed E-state index contributed by atoms with van der Waals surface area (Å²) >= 11 is 0. The van der Waals surface area contributed by atoms with E-state index in [1.54, 1.807) is 0 Å². The molecule has 0 unspecified atom stereocenters. The van der Waals surface area contributed by atoms with E-state index in [-0.39, 0.29) is 11.2 Å². The molecule has 0 amide bonds. The number of hydrogen-bond acceptors (Lipinski definition) is 3. The zero-order valence-corrected chi connectivity index (χ0v) is 9.97. The first-order chi connectivity index (χ1) is 7.12. The van der Waals surface area contributed by atoms with Crippen molar-refractivity contribution in [2.45, 2.75) is 50.7 Å². The molecule has 15 heavy (non-hydrogen) atoms. The number of hydrogen-bond donors (Lipinski definition) is 1. The fraction of sp³-hybridized carbons (Fsp3) is 1.00. The lowest BCUT2D eigenvalue weighted by atomic mass is 9.90. The van der Waals surface area contributed by atoms with E-state index in [0.717, 1.165) is 52.0 Å². The standard InChI is InChI=1S/C12H23NO2/c1-11(3-7-13-8-4-11)15-12(2)5-9-14-10-6-12/h13H,3-10H2,1-2H3. The second kappa shape index (κ2) is 4.40. The molecule has 2 aliphatic rings. The maximum absolute atomic E-state index is 6.39. The highest BCUT2D eigenvalue weighted by Gasteiger charge is 2.37. The summed E-state index contributed by atoms with van der Waals surface area (Å²) in [5.41, 5.74) is 0.127. The fourth-order valence-electron chi connectivity index (χ4n) is 2.56. The van der Waals surface area contributed by atoms with E-state index in [0.29, 0.717) is 0 Å². The third-order valence-electron chi connectivity index (χ3n) is 3.70. The molecule has 0 aliphatic carbocycles. The van der Waals surface area contributed by atoms with Crippen LogP contribution in [-0.2, 0) is 9.47 Å². The Bertz CT molecular complexity index is 184. The molecular weight excluding hydrogens is 190 g/mol. The SMILES string of the molecule is CC1(OC2(C)CCOCC2)CCNCC1. The van der Waals surface area contributed by atoms with Crippen LogP contribution in [0.4, 0.5) is 0 Å². The molecule has 3 nitrogen and oxygen atoms in total. The number of nitrogens with one attached hydrogen (secondary N) is 1. The quantitative estimate of drug-likeness (QED) is 0.757. The number of ether oxygens (including phenoxy) is 2. The lowest BCUT2D eigenvalue weighted by Crippen LogP contribution is -2.49. The van der Waals surface area contributed by atoms with Crippen molar-refractivity contribution in [2.75, 3.05) is 26.3 Å². The van der Waals surface area contributed by atoms with Gasteiger partial charge in [-0.2, -0.15) is 0 Å². The molecule has 3 heteroatoms. The van der Waals surface area contributed by atoms with Crippen LogP contribution in [0.15, 0.2) is 0 Å². The Morgan fingerprint density at radius 2 is 1.47 bits per heavy atom. The van der Waals surface area contributed by atoms with Crippen molar-refractivity contribution in [1.29, 1.82) is 0 Å². The van der Waals surface area contributed by atoms with Gasteiger partial charge in [0.2, 0.25) is 0 Å². The zero-order valence-electron chi connectivity index (χ0n) is 9.97. The molecule has 2 aliphatic heterocycles. The third-order valence-corrected chi connectivity index (χ3v) is 3.70. The van der Waals surface area contributed by atoms with Gasteiger partial charge in [0.25, 0.3) is 0 Å². The molecule has 0 aromatic heterocycles. The second-order valence-electron chi connectivity index (χ2n) is 5.36. The summed E-state index contributed by atoms with van der Waals surface area (Å²) in [6, 6.07) is 0. The zero-order chi connectivity index (χ0) is 10.8. The van der Waals surface area contributed by atoms with Gasteiger partial charge in [0, 0.05) is 13.2 Å². The first-order valence-corrected chi connectivity index (χ1v) is 6.11. The highest BCUT2D eigenvalue weighted by atomic mass is 16.5. The van der Waals surface area contributed by atoms with Gasteiger partial charge in [-0.1, -0.05) is 0 Å². The van der Waals surface area contributed by atoms with Gasteiger partial charge in [-0.05, 0) is 52.6 Å². The van der Waals surface area contributed by atoms with Gasteiger partial charge in [0.15, 0.2) is 0 Å². The van der Waals surface area contributed by atoms with Gasteiger partial charge < -0.3 is 14.8 Å². The molecular formula is C12H23NO2. The Kier molecular flexibility index (Phi) is 3.33. The Morgan fingerprint density at radius 3 is 2.07 bits per heavy atom. The summed E-state index contributed by atoms with van der Waals surface area (Å²) in [6.45, 7) is 8.37. The molecule has 2 saturated heterocycles. The van der Waals surface area contributed by atoms with E-state index < -0.39 is 0 Å². The summed E-state index contributed by atoms with van der Waals surface area (Å²) in [5, 5.41) is 3.38. The Morgan fingerprint density at radius 1 is 0.933 bits per heavy atom. The lowest BCUT2D eigenvalue weighted by molar-refractivity contribution is -0.182. The molecule has 0 atom stereocenters. The minimum atomic E-state index is 0.0460. The van der Waals surface area contributed by atoms with Crippen molar-refractivity contribution < 1.29 is 9.47 Å². The van der Waals surface area contributed by atoms with Crippen molar-refractivity contribution in [3.8, 4) is 0 Å². The average Bonchev–Trinajstić information content (AvgIpc) is 2.18. The van der Waals surface area contributed by atoms with Gasteiger partial charge in [-0.25, -0.2) is 0 Å². The highest BCUT2D eigenvalue weighted by Crippen LogP contribution is 2.33. The van der Waals surface area contributed by atoms with Gasteiger partial charge in [-0.15, -0.1) is 0 Å². The summed E-state index contributed by atoms with van der Waals surface area (Å²) in [5.74, 6) is 0. The van der Waals surface area contributed by atoms with Crippen molar-refractivity contribution in [2.24, 2.45) is 0 Å². The summed E-state index contributed by atoms with van der Waals surface area (Å²) in [4.78, 5) is 0. The van der Waals surface area contributed by atoms with Crippen LogP contribution in [0.5, 0.6) is 0 Å². The van der Waals surface area contributed by atoms with Crippen LogP contribution in [0.2, 0.25) is 0 Å². The monoisotopic (exact) mass is 213 g/mol. The Hall–Kier alpha value is -0.120. The van der Waals surface area contributed by atoms with E-state index in [4.69, 9.17) is 9.47 Å². The van der Waals surface area contributed by atoms with E-state index in [2.05, 4.69) is 19.2 Å². The van der Waals surface area contributed by atoms with Gasteiger partial charge in [0.05, 0.1) is 11.2 Å². The second-order valence-corrected chi connectivity index (χ2v) is 5.36. The molecule has 0 bridgehead atoms. The molecule has 2 fully saturated rings. The molecule has 0 spiro atoms. The summed E-state index contributed by atoms with van der Waals surface area (Å²) < 4.78 is 11.8. The van der Waals surface area contributed by atoms with Crippen LogP contribution in [0.3, 0.4) is 0 Å². The van der Waals surface area contributed by atoms with E-state index in [9.17, 15) is 0 Å². The molecule has 0 aromatic rings. The fourth-order valence-corrected chi connectivity index (χ4v) is 2.56. The van der Waals surface area contributed by atoms with Gasteiger partial charge in [-0.3, -0.25) is 0 Å². The first kappa shape index (κ1) is 11.4. The van der Waals surface area contributed by atoms with Crippen LogP contribution in [0.25, 0.3) is 0 Å². The minimum Gasteiger partial charge on any atom is -0.381 e. The third kappa shape index (κ3) is 2.92. The maximum Gasteiger partial charge on any atom is 0.0705 e.